The maximum Gasteiger partial charge on any atom is 0.348 e. The van der Waals surface area contributed by atoms with Crippen molar-refractivity contribution in [3.63, 3.8) is 0 Å². The van der Waals surface area contributed by atoms with Crippen LogP contribution in [0.25, 0.3) is 0 Å². The van der Waals surface area contributed by atoms with E-state index in [0.717, 1.165) is 0 Å². The Hall–Kier alpha value is -2.97. The molecule has 0 saturated carbocycles. The van der Waals surface area contributed by atoms with E-state index in [-0.39, 0.29) is 13.1 Å². The Morgan fingerprint density at radius 2 is 0.875 bits per heavy atom. The van der Waals surface area contributed by atoms with E-state index in [1.807, 2.05) is 0 Å². The van der Waals surface area contributed by atoms with E-state index in [4.69, 9.17) is 24.1 Å². The summed E-state index contributed by atoms with van der Waals surface area (Å²) in [4.78, 5) is 64.4. The molecule has 0 rings (SSSR count). The fourth-order valence-electron chi connectivity index (χ4n) is 4.48. The van der Waals surface area contributed by atoms with Crippen molar-refractivity contribution in [1.29, 1.82) is 0 Å². The molecule has 0 aromatic heterocycles. The summed E-state index contributed by atoms with van der Waals surface area (Å²) in [6.45, 7) is 15.9. The van der Waals surface area contributed by atoms with Gasteiger partial charge in [0.15, 0.2) is 12.2 Å². The predicted octanol–water partition coefficient (Wildman–Crippen LogP) is 0.598. The van der Waals surface area contributed by atoms with E-state index in [2.05, 4.69) is 10.6 Å². The lowest BCUT2D eigenvalue weighted by molar-refractivity contribution is -0.288. The number of hydrogen-bond donors (Lipinski definition) is 8. The highest BCUT2D eigenvalue weighted by Gasteiger charge is 2.65. The highest BCUT2D eigenvalue weighted by Crippen LogP contribution is 2.39. The minimum Gasteiger partial charge on any atom is -0.479 e. The second kappa shape index (κ2) is 17.1. The van der Waals surface area contributed by atoms with Crippen LogP contribution in [-0.4, -0.2) is 144 Å². The average Bonchev–Trinajstić information content (AvgIpc) is 2.85. The van der Waals surface area contributed by atoms with Crippen molar-refractivity contribution in [2.45, 2.75) is 142 Å². The van der Waals surface area contributed by atoms with Crippen molar-refractivity contribution in [2.75, 3.05) is 19.6 Å². The van der Waals surface area contributed by atoms with Gasteiger partial charge in [-0.05, 0) is 83.1 Å². The van der Waals surface area contributed by atoms with E-state index in [9.17, 15) is 49.5 Å². The Labute approximate surface area is 280 Å². The van der Waals surface area contributed by atoms with Crippen molar-refractivity contribution < 1.29 is 73.6 Å². The first-order valence-corrected chi connectivity index (χ1v) is 15.1. The van der Waals surface area contributed by atoms with E-state index >= 15 is 0 Å². The van der Waals surface area contributed by atoms with Crippen molar-refractivity contribution in [2.24, 2.45) is 0 Å². The van der Waals surface area contributed by atoms with Crippen LogP contribution in [-0.2, 0) is 42.9 Å². The molecule has 5 unspecified atom stereocenters. The molecule has 0 aliphatic heterocycles. The zero-order chi connectivity index (χ0) is 38.2. The van der Waals surface area contributed by atoms with Gasteiger partial charge in [0.2, 0.25) is 18.7 Å². The molecule has 0 heterocycles. The third-order valence-electron chi connectivity index (χ3n) is 5.92. The van der Waals surface area contributed by atoms with Crippen molar-refractivity contribution in [3.05, 3.63) is 0 Å². The van der Waals surface area contributed by atoms with Gasteiger partial charge in [0.05, 0.1) is 22.4 Å². The maximum absolute atomic E-state index is 13.3. The number of ether oxygens (including phenoxy) is 4. The van der Waals surface area contributed by atoms with Crippen LogP contribution in [0.5, 0.6) is 0 Å². The molecule has 280 valence electrons. The summed E-state index contributed by atoms with van der Waals surface area (Å²) in [6.07, 6.45) is -11.5. The summed E-state index contributed by atoms with van der Waals surface area (Å²) in [7, 11) is 0. The fourth-order valence-corrected chi connectivity index (χ4v) is 4.48. The zero-order valence-electron chi connectivity index (χ0n) is 29.8. The summed E-state index contributed by atoms with van der Waals surface area (Å²) < 4.78 is 23.7. The van der Waals surface area contributed by atoms with Gasteiger partial charge in [-0.1, -0.05) is 0 Å². The Bertz CT molecular complexity index is 1050. The lowest BCUT2D eigenvalue weighted by Crippen LogP contribution is -2.79. The molecule has 8 N–H and O–H groups in total. The number of aliphatic hydroxyl groups excluding tert-OH is 1. The average molecular weight is 698 g/mol. The summed E-state index contributed by atoms with van der Waals surface area (Å²) in [6, 6.07) is 0. The fraction of sp³-hybridized carbons (Fsp3) is 0.833. The molecule has 0 radical (unpaired) electrons. The number of hydrogen-bond acceptors (Lipinski definition) is 13. The van der Waals surface area contributed by atoms with Gasteiger partial charge in [0.25, 0.3) is 0 Å². The van der Waals surface area contributed by atoms with Gasteiger partial charge in [-0.25, -0.2) is 28.9 Å². The van der Waals surface area contributed by atoms with Gasteiger partial charge in [0, 0.05) is 19.6 Å². The molecule has 18 nitrogen and oxygen atoms in total. The lowest BCUT2D eigenvalue weighted by atomic mass is 9.81. The minimum atomic E-state index is -2.85. The van der Waals surface area contributed by atoms with Crippen LogP contribution in [0.2, 0.25) is 0 Å². The molecule has 0 aromatic rings. The van der Waals surface area contributed by atoms with Crippen LogP contribution in [0.3, 0.4) is 0 Å². The molecule has 48 heavy (non-hydrogen) atoms. The molecule has 0 spiro atoms. The smallest absolute Gasteiger partial charge is 0.348 e. The zero-order valence-corrected chi connectivity index (χ0v) is 29.8. The van der Waals surface area contributed by atoms with E-state index in [1.165, 1.54) is 83.1 Å². The minimum absolute atomic E-state index is 0.291. The molecule has 18 heteroatoms. The number of aliphatic hydroxyl groups is 1. The largest absolute Gasteiger partial charge is 0.479 e. The standard InChI is InChI=1S/C30H55N3O15/c1-26(2,3)45-16(21(35)36)30(17(22(37)38)46-27(4,5)6,15-31-13-14-32-18(34)23(39)40)33(19(24(41)42)47-28(7,8)9)20(25(43)44)48-29(10,11)12/h16-20,31-32,34H,13-15H2,1-12H3,(H,35,36)(H,37,38)(H,39,40)(H,41,42)(H,43,44). The predicted molar refractivity (Wildman–Crippen MR) is 168 cm³/mol. The molecule has 0 fully saturated rings. The SMILES string of the molecule is CC(C)(C)OC(C(=O)O)N(C(OC(C)(C)C)C(=O)O)C(CNCCNC(O)C(=O)O)(C(OC(C)(C)C)C(=O)O)C(OC(C)(C)C)C(=O)O. The van der Waals surface area contributed by atoms with Crippen LogP contribution in [0.4, 0.5) is 0 Å². The van der Waals surface area contributed by atoms with Gasteiger partial charge in [-0.2, -0.15) is 0 Å². The van der Waals surface area contributed by atoms with Crippen LogP contribution < -0.4 is 10.6 Å². The van der Waals surface area contributed by atoms with Gasteiger partial charge < -0.3 is 54.9 Å². The molecule has 0 bridgehead atoms. The lowest BCUT2D eigenvalue weighted by Gasteiger charge is -2.55. The van der Waals surface area contributed by atoms with Crippen LogP contribution >= 0.6 is 0 Å². The third-order valence-corrected chi connectivity index (χ3v) is 5.92. The normalized spacial score (nSPS) is 17.5. The molecule has 0 aromatic carbocycles. The number of rotatable bonds is 20. The van der Waals surface area contributed by atoms with E-state index in [0.29, 0.717) is 4.90 Å². The van der Waals surface area contributed by atoms with Crippen molar-refractivity contribution in [3.8, 4) is 0 Å². The Morgan fingerprint density at radius 3 is 1.12 bits per heavy atom. The van der Waals surface area contributed by atoms with Crippen molar-refractivity contribution in [1.82, 2.24) is 15.5 Å². The molecular weight excluding hydrogens is 642 g/mol. The quantitative estimate of drug-likeness (QED) is 0.0639. The second-order valence-corrected chi connectivity index (χ2v) is 15.0. The van der Waals surface area contributed by atoms with Crippen LogP contribution in [0.15, 0.2) is 0 Å². The highest BCUT2D eigenvalue weighted by molar-refractivity contribution is 5.83. The third kappa shape index (κ3) is 14.7. The first-order chi connectivity index (χ1) is 21.4. The van der Waals surface area contributed by atoms with Gasteiger partial charge >= 0.3 is 29.8 Å². The van der Waals surface area contributed by atoms with Crippen LogP contribution in [0, 0.1) is 0 Å². The molecule has 0 aliphatic rings. The van der Waals surface area contributed by atoms with Crippen molar-refractivity contribution >= 4 is 29.8 Å². The summed E-state index contributed by atoms with van der Waals surface area (Å²) in [5.74, 6) is -8.90. The Morgan fingerprint density at radius 1 is 0.542 bits per heavy atom. The topological polar surface area (TPSA) is 271 Å². The first kappa shape index (κ1) is 45.0. The molecular formula is C30H55N3O15. The number of aliphatic carboxylic acids is 5. The molecule has 0 saturated heterocycles. The molecule has 0 amide bonds. The van der Waals surface area contributed by atoms with E-state index in [1.54, 1.807) is 0 Å². The van der Waals surface area contributed by atoms with Crippen LogP contribution in [0.1, 0.15) is 83.1 Å². The number of carboxylic acid groups (broad SMARTS) is 5. The Balaban J connectivity index is 8.47. The summed E-state index contributed by atoms with van der Waals surface area (Å²) in [5.41, 5.74) is -8.30. The first-order valence-electron chi connectivity index (χ1n) is 15.1. The molecule has 0 aliphatic carbocycles. The maximum atomic E-state index is 13.3. The van der Waals surface area contributed by atoms with Gasteiger partial charge in [-0.15, -0.1) is 0 Å². The number of nitrogens with zero attached hydrogens (tertiary/aromatic N) is 1. The summed E-state index contributed by atoms with van der Waals surface area (Å²) >= 11 is 0. The van der Waals surface area contributed by atoms with Gasteiger partial charge in [-0.3, -0.25) is 5.32 Å². The highest BCUT2D eigenvalue weighted by atomic mass is 16.6. The Kier molecular flexibility index (Phi) is 16.1. The number of carbonyl (C=O) groups is 5. The second-order valence-electron chi connectivity index (χ2n) is 15.0. The number of nitrogens with one attached hydrogen (secondary N) is 2. The monoisotopic (exact) mass is 697 g/mol. The number of carboxylic acids is 5. The molecule has 5 atom stereocenters. The van der Waals surface area contributed by atoms with Gasteiger partial charge in [0.1, 0.15) is 5.54 Å². The summed E-state index contributed by atoms with van der Waals surface area (Å²) in [5, 5.41) is 66.5. The van der Waals surface area contributed by atoms with E-state index < -0.39 is 95.2 Å².